The maximum atomic E-state index is 13.7. The monoisotopic (exact) mass is 311 g/mol. The highest BCUT2D eigenvalue weighted by Gasteiger charge is 2.29. The molecule has 0 unspecified atom stereocenters. The van der Waals surface area contributed by atoms with Crippen molar-refractivity contribution in [3.63, 3.8) is 0 Å². The van der Waals surface area contributed by atoms with Crippen molar-refractivity contribution in [2.75, 3.05) is 0 Å². The number of halogens is 2. The molecule has 4 nitrogen and oxygen atoms in total. The highest BCUT2D eigenvalue weighted by atomic mass is 32.2. The molecule has 2 aromatic carbocycles. The van der Waals surface area contributed by atoms with Gasteiger partial charge >= 0.3 is 0 Å². The van der Waals surface area contributed by atoms with Crippen molar-refractivity contribution < 1.29 is 22.4 Å². The molecule has 110 valence electrons. The molecule has 0 atom stereocenters. The lowest BCUT2D eigenvalue weighted by molar-refractivity contribution is 0.320. The molecule has 7 heteroatoms. The SMILES string of the molecule is Cc1ccc(S(=O)(=O)/C(=N/O)c2c(F)cccc2F)cc1. The summed E-state index contributed by atoms with van der Waals surface area (Å²) in [6.07, 6.45) is 0. The van der Waals surface area contributed by atoms with Gasteiger partial charge in [0.25, 0.3) is 0 Å². The van der Waals surface area contributed by atoms with E-state index in [1.807, 2.05) is 0 Å². The predicted octanol–water partition coefficient (Wildman–Crippen LogP) is 2.88. The van der Waals surface area contributed by atoms with Crippen LogP contribution in [0.25, 0.3) is 0 Å². The fourth-order valence-corrected chi connectivity index (χ4v) is 3.06. The van der Waals surface area contributed by atoms with Gasteiger partial charge in [-0.25, -0.2) is 17.2 Å². The van der Waals surface area contributed by atoms with Crippen LogP contribution in [0.15, 0.2) is 52.5 Å². The number of sulfone groups is 1. The molecule has 2 rings (SSSR count). The Balaban J connectivity index is 2.64. The summed E-state index contributed by atoms with van der Waals surface area (Å²) in [6, 6.07) is 8.45. The second kappa shape index (κ2) is 5.61. The molecular formula is C14H11F2NO3S. The van der Waals surface area contributed by atoms with Gasteiger partial charge in [-0.1, -0.05) is 28.9 Å². The summed E-state index contributed by atoms with van der Waals surface area (Å²) >= 11 is 0. The van der Waals surface area contributed by atoms with Crippen molar-refractivity contribution in [2.24, 2.45) is 5.16 Å². The molecule has 0 spiro atoms. The average molecular weight is 311 g/mol. The molecule has 0 saturated carbocycles. The zero-order valence-electron chi connectivity index (χ0n) is 10.9. The summed E-state index contributed by atoms with van der Waals surface area (Å²) in [5.41, 5.74) is -0.0749. The van der Waals surface area contributed by atoms with E-state index < -0.39 is 32.1 Å². The van der Waals surface area contributed by atoms with E-state index in [2.05, 4.69) is 5.16 Å². The van der Waals surface area contributed by atoms with Gasteiger partial charge < -0.3 is 5.21 Å². The van der Waals surface area contributed by atoms with Gasteiger partial charge in [-0.3, -0.25) is 0 Å². The molecule has 0 amide bonds. The Bertz CT molecular complexity index is 779. The fraction of sp³-hybridized carbons (Fsp3) is 0.0714. The van der Waals surface area contributed by atoms with Gasteiger partial charge in [-0.2, -0.15) is 0 Å². The molecule has 0 aliphatic carbocycles. The average Bonchev–Trinajstić information content (AvgIpc) is 2.43. The Labute approximate surface area is 120 Å². The molecule has 0 heterocycles. The van der Waals surface area contributed by atoms with E-state index in [1.165, 1.54) is 24.3 Å². The molecule has 0 saturated heterocycles. The van der Waals surface area contributed by atoms with Crippen LogP contribution in [0, 0.1) is 18.6 Å². The Morgan fingerprint density at radius 2 is 1.57 bits per heavy atom. The van der Waals surface area contributed by atoms with E-state index in [1.54, 1.807) is 6.92 Å². The maximum Gasteiger partial charge on any atom is 0.228 e. The molecule has 0 aromatic heterocycles. The minimum absolute atomic E-state index is 0.219. The molecule has 0 fully saturated rings. The van der Waals surface area contributed by atoms with Crippen molar-refractivity contribution in [1.29, 1.82) is 0 Å². The van der Waals surface area contributed by atoms with Crippen LogP contribution in [0.1, 0.15) is 11.1 Å². The molecule has 0 radical (unpaired) electrons. The third kappa shape index (κ3) is 2.78. The minimum Gasteiger partial charge on any atom is -0.410 e. The van der Waals surface area contributed by atoms with E-state index in [-0.39, 0.29) is 4.90 Å². The summed E-state index contributed by atoms with van der Waals surface area (Å²) < 4.78 is 52.1. The first-order valence-corrected chi connectivity index (χ1v) is 7.34. The van der Waals surface area contributed by atoms with Crippen LogP contribution < -0.4 is 0 Å². The standard InChI is InChI=1S/C14H11F2NO3S/c1-9-5-7-10(8-6-9)21(19,20)14(17-18)13-11(15)3-2-4-12(13)16/h2-8,18H,1H3/b17-14+. The van der Waals surface area contributed by atoms with Crippen molar-refractivity contribution in [3.05, 3.63) is 65.2 Å². The number of hydrogen-bond donors (Lipinski definition) is 1. The van der Waals surface area contributed by atoms with E-state index >= 15 is 0 Å². The number of rotatable bonds is 2. The van der Waals surface area contributed by atoms with Crippen molar-refractivity contribution in [2.45, 2.75) is 11.8 Å². The lowest BCUT2D eigenvalue weighted by Gasteiger charge is -2.09. The lowest BCUT2D eigenvalue weighted by Crippen LogP contribution is -2.19. The first-order chi connectivity index (χ1) is 9.87. The van der Waals surface area contributed by atoms with E-state index in [0.29, 0.717) is 0 Å². The quantitative estimate of drug-likeness (QED) is 0.401. The first-order valence-electron chi connectivity index (χ1n) is 5.86. The lowest BCUT2D eigenvalue weighted by atomic mass is 10.2. The topological polar surface area (TPSA) is 66.7 Å². The fourth-order valence-electron chi connectivity index (χ4n) is 1.77. The molecule has 2 aromatic rings. The maximum absolute atomic E-state index is 13.7. The molecule has 0 aliphatic heterocycles. The predicted molar refractivity (Wildman–Crippen MR) is 73.0 cm³/mol. The molecule has 21 heavy (non-hydrogen) atoms. The number of oxime groups is 1. The van der Waals surface area contributed by atoms with Crippen molar-refractivity contribution in [3.8, 4) is 0 Å². The molecular weight excluding hydrogens is 300 g/mol. The smallest absolute Gasteiger partial charge is 0.228 e. The van der Waals surface area contributed by atoms with Gasteiger partial charge in [0.05, 0.1) is 10.5 Å². The Morgan fingerprint density at radius 3 is 2.05 bits per heavy atom. The summed E-state index contributed by atoms with van der Waals surface area (Å²) in [4.78, 5) is -0.219. The second-order valence-electron chi connectivity index (χ2n) is 4.32. The highest BCUT2D eigenvalue weighted by Crippen LogP contribution is 2.22. The van der Waals surface area contributed by atoms with Crippen LogP contribution in [0.2, 0.25) is 0 Å². The van der Waals surface area contributed by atoms with Gasteiger partial charge in [-0.15, -0.1) is 0 Å². The van der Waals surface area contributed by atoms with Crippen LogP contribution in [-0.4, -0.2) is 18.7 Å². The molecule has 0 bridgehead atoms. The van der Waals surface area contributed by atoms with E-state index in [0.717, 1.165) is 23.8 Å². The molecule has 1 N–H and O–H groups in total. The van der Waals surface area contributed by atoms with E-state index in [4.69, 9.17) is 5.21 Å². The van der Waals surface area contributed by atoms with Gasteiger partial charge in [0.1, 0.15) is 11.6 Å². The van der Waals surface area contributed by atoms with Crippen LogP contribution in [0.4, 0.5) is 8.78 Å². The third-order valence-electron chi connectivity index (χ3n) is 2.85. The van der Waals surface area contributed by atoms with Gasteiger partial charge in [0, 0.05) is 0 Å². The van der Waals surface area contributed by atoms with Crippen molar-refractivity contribution >= 4 is 14.9 Å². The Morgan fingerprint density at radius 1 is 1.05 bits per heavy atom. The summed E-state index contributed by atoms with van der Waals surface area (Å²) in [5.74, 6) is -2.25. The minimum atomic E-state index is -4.35. The highest BCUT2D eigenvalue weighted by molar-refractivity contribution is 8.07. The van der Waals surface area contributed by atoms with Crippen LogP contribution in [0.3, 0.4) is 0 Å². The zero-order chi connectivity index (χ0) is 15.6. The number of aryl methyl sites for hydroxylation is 1. The number of benzene rings is 2. The number of hydrogen-bond acceptors (Lipinski definition) is 4. The summed E-state index contributed by atoms with van der Waals surface area (Å²) in [5, 5.41) is 10.5. The van der Waals surface area contributed by atoms with Crippen LogP contribution in [0.5, 0.6) is 0 Å². The van der Waals surface area contributed by atoms with E-state index in [9.17, 15) is 17.2 Å². The Hall–Kier alpha value is -2.28. The summed E-state index contributed by atoms with van der Waals surface area (Å²) in [6.45, 7) is 1.76. The molecule has 0 aliphatic rings. The Kier molecular flexibility index (Phi) is 4.04. The largest absolute Gasteiger partial charge is 0.410 e. The van der Waals surface area contributed by atoms with Gasteiger partial charge in [-0.05, 0) is 31.2 Å². The zero-order valence-corrected chi connectivity index (χ0v) is 11.7. The van der Waals surface area contributed by atoms with Gasteiger partial charge in [0.15, 0.2) is 0 Å². The van der Waals surface area contributed by atoms with Crippen molar-refractivity contribution in [1.82, 2.24) is 0 Å². The first kappa shape index (κ1) is 15.1. The van der Waals surface area contributed by atoms with Crippen LogP contribution in [-0.2, 0) is 9.84 Å². The normalized spacial score (nSPS) is 12.4. The third-order valence-corrected chi connectivity index (χ3v) is 4.54. The number of nitrogens with zero attached hydrogens (tertiary/aromatic N) is 1. The summed E-state index contributed by atoms with van der Waals surface area (Å²) in [7, 11) is -4.35. The van der Waals surface area contributed by atoms with Crippen LogP contribution >= 0.6 is 0 Å². The van der Waals surface area contributed by atoms with Gasteiger partial charge in [0.2, 0.25) is 14.9 Å². The second-order valence-corrected chi connectivity index (χ2v) is 6.18.